The predicted octanol–water partition coefficient (Wildman–Crippen LogP) is 0.987. The zero-order valence-corrected chi connectivity index (χ0v) is 11.1. The molecule has 0 atom stereocenters. The molecule has 1 aliphatic heterocycles. The number of anilines is 2. The fourth-order valence-electron chi connectivity index (χ4n) is 2.13. The number of primary sulfonamides is 1. The number of nitrogens with zero attached hydrogens (tertiary/aromatic N) is 1. The van der Waals surface area contributed by atoms with Crippen molar-refractivity contribution >= 4 is 21.4 Å². The van der Waals surface area contributed by atoms with Crippen LogP contribution in [0.1, 0.15) is 12.8 Å². The van der Waals surface area contributed by atoms with Gasteiger partial charge >= 0.3 is 0 Å². The highest BCUT2D eigenvalue weighted by atomic mass is 32.2. The highest BCUT2D eigenvalue weighted by molar-refractivity contribution is 7.89. The van der Waals surface area contributed by atoms with Crippen LogP contribution in [-0.2, 0) is 10.0 Å². The Morgan fingerprint density at radius 1 is 1.28 bits per heavy atom. The average molecular weight is 269 g/mol. The first kappa shape index (κ1) is 13.2. The standard InChI is InChI=1S/C12H19N3O2S/c13-18(16,17)9-6-14-11-4-3-5-12(10-11)15-7-1-2-8-15/h3-5,10,14H,1-2,6-9H2,(H2,13,16,17). The molecule has 1 aromatic carbocycles. The highest BCUT2D eigenvalue weighted by Crippen LogP contribution is 2.23. The topological polar surface area (TPSA) is 75.4 Å². The van der Waals surface area contributed by atoms with E-state index in [2.05, 4.69) is 22.3 Å². The van der Waals surface area contributed by atoms with Gasteiger partial charge in [0.1, 0.15) is 0 Å². The molecule has 1 heterocycles. The summed E-state index contributed by atoms with van der Waals surface area (Å²) in [4.78, 5) is 2.34. The molecular weight excluding hydrogens is 250 g/mol. The lowest BCUT2D eigenvalue weighted by molar-refractivity contribution is 0.598. The van der Waals surface area contributed by atoms with Crippen molar-refractivity contribution in [1.29, 1.82) is 0 Å². The summed E-state index contributed by atoms with van der Waals surface area (Å²) in [6.45, 7) is 2.53. The van der Waals surface area contributed by atoms with Crippen LogP contribution in [0, 0.1) is 0 Å². The van der Waals surface area contributed by atoms with Crippen LogP contribution in [-0.4, -0.2) is 33.8 Å². The van der Waals surface area contributed by atoms with Crippen molar-refractivity contribution in [3.8, 4) is 0 Å². The molecule has 5 nitrogen and oxygen atoms in total. The van der Waals surface area contributed by atoms with Gasteiger partial charge in [0.15, 0.2) is 0 Å². The maximum atomic E-state index is 10.8. The predicted molar refractivity (Wildman–Crippen MR) is 74.4 cm³/mol. The van der Waals surface area contributed by atoms with Gasteiger partial charge in [0.2, 0.25) is 10.0 Å². The third-order valence-electron chi connectivity index (χ3n) is 3.03. The van der Waals surface area contributed by atoms with Crippen molar-refractivity contribution < 1.29 is 8.42 Å². The van der Waals surface area contributed by atoms with E-state index in [1.54, 1.807) is 0 Å². The second kappa shape index (κ2) is 5.58. The molecule has 1 fully saturated rings. The van der Waals surface area contributed by atoms with E-state index in [0.29, 0.717) is 6.54 Å². The normalized spacial score (nSPS) is 15.9. The van der Waals surface area contributed by atoms with Crippen LogP contribution < -0.4 is 15.4 Å². The third-order valence-corrected chi connectivity index (χ3v) is 3.81. The average Bonchev–Trinajstić information content (AvgIpc) is 2.81. The largest absolute Gasteiger partial charge is 0.384 e. The minimum atomic E-state index is -3.39. The van der Waals surface area contributed by atoms with Crippen LogP contribution in [0.25, 0.3) is 0 Å². The Labute approximate surface area is 108 Å². The van der Waals surface area contributed by atoms with Gasteiger partial charge < -0.3 is 10.2 Å². The van der Waals surface area contributed by atoms with E-state index in [4.69, 9.17) is 5.14 Å². The van der Waals surface area contributed by atoms with Crippen molar-refractivity contribution in [2.24, 2.45) is 5.14 Å². The van der Waals surface area contributed by atoms with Crippen molar-refractivity contribution in [2.45, 2.75) is 12.8 Å². The third kappa shape index (κ3) is 3.89. The Morgan fingerprint density at radius 2 is 2.00 bits per heavy atom. The molecule has 0 spiro atoms. The first-order valence-electron chi connectivity index (χ1n) is 6.14. The van der Waals surface area contributed by atoms with Gasteiger partial charge in [0.05, 0.1) is 5.75 Å². The number of nitrogens with one attached hydrogen (secondary N) is 1. The van der Waals surface area contributed by atoms with Crippen LogP contribution in [0.3, 0.4) is 0 Å². The molecule has 0 saturated carbocycles. The molecule has 0 bridgehead atoms. The van der Waals surface area contributed by atoms with Crippen LogP contribution >= 0.6 is 0 Å². The van der Waals surface area contributed by atoms with E-state index >= 15 is 0 Å². The Kier molecular flexibility index (Phi) is 4.08. The summed E-state index contributed by atoms with van der Waals surface area (Å²) in [5.41, 5.74) is 2.12. The fourth-order valence-corrected chi connectivity index (χ4v) is 2.51. The molecule has 0 unspecified atom stereocenters. The smallest absolute Gasteiger partial charge is 0.210 e. The van der Waals surface area contributed by atoms with Crippen LogP contribution in [0.2, 0.25) is 0 Å². The first-order valence-corrected chi connectivity index (χ1v) is 7.85. The van der Waals surface area contributed by atoms with Crippen molar-refractivity contribution in [1.82, 2.24) is 0 Å². The molecule has 1 aliphatic rings. The number of hydrogen-bond donors (Lipinski definition) is 2. The Bertz CT molecular complexity index is 496. The summed E-state index contributed by atoms with van der Waals surface area (Å²) in [6, 6.07) is 8.04. The van der Waals surface area contributed by atoms with E-state index in [9.17, 15) is 8.42 Å². The van der Waals surface area contributed by atoms with Crippen molar-refractivity contribution in [3.05, 3.63) is 24.3 Å². The Hall–Kier alpha value is -1.27. The minimum Gasteiger partial charge on any atom is -0.384 e. The number of nitrogens with two attached hydrogens (primary N) is 1. The van der Waals surface area contributed by atoms with Crippen LogP contribution in [0.4, 0.5) is 11.4 Å². The molecule has 6 heteroatoms. The summed E-state index contributed by atoms with van der Waals surface area (Å²) >= 11 is 0. The lowest BCUT2D eigenvalue weighted by Gasteiger charge is -2.18. The molecule has 18 heavy (non-hydrogen) atoms. The van der Waals surface area contributed by atoms with Crippen molar-refractivity contribution in [2.75, 3.05) is 35.6 Å². The fraction of sp³-hybridized carbons (Fsp3) is 0.500. The van der Waals surface area contributed by atoms with Gasteiger partial charge in [-0.2, -0.15) is 0 Å². The number of sulfonamides is 1. The van der Waals surface area contributed by atoms with Crippen LogP contribution in [0.5, 0.6) is 0 Å². The van der Waals surface area contributed by atoms with E-state index in [1.807, 2.05) is 12.1 Å². The van der Waals surface area contributed by atoms with E-state index in [0.717, 1.165) is 18.8 Å². The quantitative estimate of drug-likeness (QED) is 0.836. The van der Waals surface area contributed by atoms with Gasteiger partial charge in [0, 0.05) is 31.0 Å². The molecule has 1 saturated heterocycles. The van der Waals surface area contributed by atoms with E-state index in [1.165, 1.54) is 18.5 Å². The molecule has 0 aromatic heterocycles. The lowest BCUT2D eigenvalue weighted by Crippen LogP contribution is -2.22. The zero-order chi connectivity index (χ0) is 13.0. The number of benzene rings is 1. The highest BCUT2D eigenvalue weighted by Gasteiger charge is 2.12. The molecule has 3 N–H and O–H groups in total. The summed E-state index contributed by atoms with van der Waals surface area (Å²) in [6.07, 6.45) is 2.48. The molecule has 0 amide bonds. The second-order valence-electron chi connectivity index (χ2n) is 4.54. The second-order valence-corrected chi connectivity index (χ2v) is 6.27. The number of hydrogen-bond acceptors (Lipinski definition) is 4. The lowest BCUT2D eigenvalue weighted by atomic mass is 10.2. The summed E-state index contributed by atoms with van der Waals surface area (Å²) < 4.78 is 21.7. The first-order chi connectivity index (χ1) is 8.54. The summed E-state index contributed by atoms with van der Waals surface area (Å²) in [5, 5.41) is 8.03. The van der Waals surface area contributed by atoms with Crippen molar-refractivity contribution in [3.63, 3.8) is 0 Å². The van der Waals surface area contributed by atoms with E-state index in [-0.39, 0.29) is 5.75 Å². The molecule has 2 rings (SSSR count). The van der Waals surface area contributed by atoms with Gasteiger partial charge in [-0.05, 0) is 31.0 Å². The maximum absolute atomic E-state index is 10.8. The molecule has 0 radical (unpaired) electrons. The van der Waals surface area contributed by atoms with Gasteiger partial charge in [-0.3, -0.25) is 0 Å². The van der Waals surface area contributed by atoms with Gasteiger partial charge in [-0.15, -0.1) is 0 Å². The zero-order valence-electron chi connectivity index (χ0n) is 10.3. The molecular formula is C12H19N3O2S. The SMILES string of the molecule is NS(=O)(=O)CCNc1cccc(N2CCCC2)c1. The number of rotatable bonds is 5. The Balaban J connectivity index is 1.94. The van der Waals surface area contributed by atoms with Gasteiger partial charge in [0.25, 0.3) is 0 Å². The molecule has 1 aromatic rings. The summed E-state index contributed by atoms with van der Waals surface area (Å²) in [7, 11) is -3.39. The minimum absolute atomic E-state index is 0.0546. The molecule has 0 aliphatic carbocycles. The van der Waals surface area contributed by atoms with Crippen LogP contribution in [0.15, 0.2) is 24.3 Å². The Morgan fingerprint density at radius 3 is 2.67 bits per heavy atom. The van der Waals surface area contributed by atoms with Gasteiger partial charge in [-0.1, -0.05) is 6.07 Å². The molecule has 100 valence electrons. The summed E-state index contributed by atoms with van der Waals surface area (Å²) in [5.74, 6) is -0.0546. The van der Waals surface area contributed by atoms with E-state index < -0.39 is 10.0 Å². The monoisotopic (exact) mass is 269 g/mol. The van der Waals surface area contributed by atoms with Gasteiger partial charge in [-0.25, -0.2) is 13.6 Å². The maximum Gasteiger partial charge on any atom is 0.210 e.